The van der Waals surface area contributed by atoms with Crippen molar-refractivity contribution in [3.05, 3.63) is 120 Å². The van der Waals surface area contributed by atoms with Gasteiger partial charge in [0.2, 0.25) is 0 Å². The molecule has 0 N–H and O–H groups in total. The first-order chi connectivity index (χ1) is 18.9. The van der Waals surface area contributed by atoms with E-state index in [0.29, 0.717) is 27.9 Å². The summed E-state index contributed by atoms with van der Waals surface area (Å²) in [4.78, 5) is 35.2. The maximum absolute atomic E-state index is 15.5. The number of anilines is 1. The normalized spacial score (nSPS) is 11.2. The minimum atomic E-state index is -0.512. The van der Waals surface area contributed by atoms with Crippen LogP contribution in [-0.4, -0.2) is 33.5 Å². The average molecular weight is 521 g/mol. The van der Waals surface area contributed by atoms with Gasteiger partial charge in [-0.25, -0.2) is 14.2 Å². The predicted molar refractivity (Wildman–Crippen MR) is 148 cm³/mol. The lowest BCUT2D eigenvalue weighted by molar-refractivity contribution is -0.134. The van der Waals surface area contributed by atoms with Crippen LogP contribution in [0.3, 0.4) is 0 Å². The first-order valence-electron chi connectivity index (χ1n) is 12.2. The van der Waals surface area contributed by atoms with Crippen molar-refractivity contribution in [2.75, 3.05) is 12.0 Å². The molecule has 2 aromatic heterocycles. The van der Waals surface area contributed by atoms with Gasteiger partial charge in [-0.3, -0.25) is 9.78 Å². The molecule has 2 heterocycles. The fourth-order valence-electron chi connectivity index (χ4n) is 4.27. The summed E-state index contributed by atoms with van der Waals surface area (Å²) in [5.41, 5.74) is 5.21. The zero-order valence-corrected chi connectivity index (χ0v) is 21.4. The van der Waals surface area contributed by atoms with Crippen molar-refractivity contribution < 1.29 is 18.7 Å². The van der Waals surface area contributed by atoms with Gasteiger partial charge in [0.15, 0.2) is 0 Å². The fraction of sp³-hybridized carbons (Fsp3) is 0.0968. The minimum Gasteiger partial charge on any atom is -0.466 e. The van der Waals surface area contributed by atoms with Crippen molar-refractivity contribution >= 4 is 34.7 Å². The number of aryl methyl sites for hydroxylation is 1. The molecule has 8 heteroatoms. The predicted octanol–water partition coefficient (Wildman–Crippen LogP) is 5.81. The molecule has 0 saturated carbocycles. The Labute approximate surface area is 224 Å². The Morgan fingerprint density at radius 1 is 1.00 bits per heavy atom. The van der Waals surface area contributed by atoms with Gasteiger partial charge in [0.05, 0.1) is 42.9 Å². The molecule has 0 aliphatic carbocycles. The third-order valence-corrected chi connectivity index (χ3v) is 6.38. The lowest BCUT2D eigenvalue weighted by Gasteiger charge is -2.23. The van der Waals surface area contributed by atoms with E-state index in [1.54, 1.807) is 55.0 Å². The summed E-state index contributed by atoms with van der Waals surface area (Å²) in [5, 5.41) is 0. The van der Waals surface area contributed by atoms with Gasteiger partial charge in [-0.05, 0) is 59.2 Å². The third kappa shape index (κ3) is 5.60. The molecule has 39 heavy (non-hydrogen) atoms. The Hall–Kier alpha value is -5.11. The second kappa shape index (κ2) is 11.1. The topological polar surface area (TPSA) is 77.3 Å². The molecule has 1 amide bonds. The van der Waals surface area contributed by atoms with E-state index in [9.17, 15) is 9.59 Å². The zero-order valence-electron chi connectivity index (χ0n) is 21.4. The van der Waals surface area contributed by atoms with Gasteiger partial charge in [-0.2, -0.15) is 0 Å². The number of hydrogen-bond acceptors (Lipinski definition) is 5. The van der Waals surface area contributed by atoms with Crippen LogP contribution in [0.2, 0.25) is 0 Å². The Kier molecular flexibility index (Phi) is 7.27. The fourth-order valence-corrected chi connectivity index (χ4v) is 4.27. The van der Waals surface area contributed by atoms with Crippen LogP contribution in [0.1, 0.15) is 21.5 Å². The molecule has 5 aromatic rings. The highest BCUT2D eigenvalue weighted by Gasteiger charge is 2.21. The molecule has 7 nitrogen and oxygen atoms in total. The molecule has 0 aliphatic rings. The van der Waals surface area contributed by atoms with Gasteiger partial charge in [0.25, 0.3) is 5.91 Å². The van der Waals surface area contributed by atoms with E-state index in [-0.39, 0.29) is 12.5 Å². The molecule has 0 atom stereocenters. The van der Waals surface area contributed by atoms with Gasteiger partial charge >= 0.3 is 5.97 Å². The van der Waals surface area contributed by atoms with Gasteiger partial charge < -0.3 is 14.2 Å². The number of hydrogen-bond donors (Lipinski definition) is 0. The molecule has 0 fully saturated rings. The van der Waals surface area contributed by atoms with Crippen molar-refractivity contribution in [3.8, 4) is 11.1 Å². The molecule has 3 aromatic carbocycles. The van der Waals surface area contributed by atoms with E-state index < -0.39 is 11.8 Å². The molecular formula is C31H25FN4O3. The monoisotopic (exact) mass is 520 g/mol. The van der Waals surface area contributed by atoms with E-state index in [2.05, 4.69) is 14.7 Å². The number of pyridine rings is 1. The molecule has 0 saturated heterocycles. The van der Waals surface area contributed by atoms with Gasteiger partial charge in [-0.1, -0.05) is 36.4 Å². The highest BCUT2D eigenvalue weighted by atomic mass is 19.1. The number of ether oxygens (including phenoxy) is 1. The van der Waals surface area contributed by atoms with Crippen molar-refractivity contribution in [1.29, 1.82) is 0 Å². The zero-order chi connectivity index (χ0) is 27.4. The molecule has 0 unspecified atom stereocenters. The van der Waals surface area contributed by atoms with Gasteiger partial charge in [0.1, 0.15) is 5.82 Å². The van der Waals surface area contributed by atoms with Crippen molar-refractivity contribution in [3.63, 3.8) is 0 Å². The van der Waals surface area contributed by atoms with Crippen LogP contribution in [0.5, 0.6) is 0 Å². The smallest absolute Gasteiger partial charge is 0.330 e. The first-order valence-corrected chi connectivity index (χ1v) is 12.2. The number of nitrogens with zero attached hydrogens (tertiary/aromatic N) is 4. The number of amides is 1. The Bertz CT molecular complexity index is 1700. The first kappa shape index (κ1) is 25.5. The summed E-state index contributed by atoms with van der Waals surface area (Å²) in [6.45, 7) is -0.0229. The van der Waals surface area contributed by atoms with Crippen molar-refractivity contribution in [2.45, 2.75) is 6.54 Å². The molecule has 0 radical (unpaired) electrons. The standard InChI is InChI=1S/C31H25FN4O3/c1-35-20-34-28-16-24(11-12-29(28)35)23-9-10-25(27(32)15-23)19-36(31(38)22-6-4-3-5-7-22)26-14-21(17-33-18-26)8-13-30(37)39-2/h3-18,20H,19H2,1-2H3/b13-8+. The largest absolute Gasteiger partial charge is 0.466 e. The van der Waals surface area contributed by atoms with Crippen LogP contribution < -0.4 is 4.90 Å². The lowest BCUT2D eigenvalue weighted by atomic mass is 10.0. The highest BCUT2D eigenvalue weighted by molar-refractivity contribution is 6.06. The van der Waals surface area contributed by atoms with E-state index in [1.807, 2.05) is 41.9 Å². The molecule has 194 valence electrons. The Balaban J connectivity index is 1.48. The Morgan fingerprint density at radius 2 is 1.77 bits per heavy atom. The van der Waals surface area contributed by atoms with Gasteiger partial charge in [0, 0.05) is 30.4 Å². The minimum absolute atomic E-state index is 0.0229. The number of fused-ring (bicyclic) bond motifs is 1. The quantitative estimate of drug-likeness (QED) is 0.200. The number of esters is 1. The summed E-state index contributed by atoms with van der Waals surface area (Å²) in [7, 11) is 3.21. The molecular weight excluding hydrogens is 495 g/mol. The molecule has 0 bridgehead atoms. The molecule has 0 spiro atoms. The summed E-state index contributed by atoms with van der Waals surface area (Å²) in [6, 6.07) is 21.3. The van der Waals surface area contributed by atoms with Crippen LogP contribution in [-0.2, 0) is 23.1 Å². The summed E-state index contributed by atoms with van der Waals surface area (Å²) in [5.74, 6) is -1.26. The molecule has 5 rings (SSSR count). The summed E-state index contributed by atoms with van der Waals surface area (Å²) < 4.78 is 22.1. The number of benzene rings is 3. The van der Waals surface area contributed by atoms with Crippen molar-refractivity contribution in [1.82, 2.24) is 14.5 Å². The number of carbonyl (C=O) groups is 2. The number of imidazole rings is 1. The molecule has 0 aliphatic heterocycles. The Morgan fingerprint density at radius 3 is 2.54 bits per heavy atom. The maximum Gasteiger partial charge on any atom is 0.330 e. The number of rotatable bonds is 7. The van der Waals surface area contributed by atoms with Gasteiger partial charge in [-0.15, -0.1) is 0 Å². The lowest BCUT2D eigenvalue weighted by Crippen LogP contribution is -2.31. The van der Waals surface area contributed by atoms with E-state index >= 15 is 4.39 Å². The highest BCUT2D eigenvalue weighted by Crippen LogP contribution is 2.27. The van der Waals surface area contributed by atoms with E-state index in [4.69, 9.17) is 0 Å². The number of methoxy groups -OCH3 is 1. The van der Waals surface area contributed by atoms with Crippen LogP contribution in [0, 0.1) is 5.82 Å². The SMILES string of the molecule is COC(=O)/C=C/c1cncc(N(Cc2ccc(-c3ccc4c(c3)ncn4C)cc2F)C(=O)c2ccccc2)c1. The second-order valence-electron chi connectivity index (χ2n) is 8.96. The van der Waals surface area contributed by atoms with Crippen LogP contribution in [0.15, 0.2) is 97.6 Å². The summed E-state index contributed by atoms with van der Waals surface area (Å²) >= 11 is 0. The maximum atomic E-state index is 15.5. The second-order valence-corrected chi connectivity index (χ2v) is 8.96. The van der Waals surface area contributed by atoms with Crippen LogP contribution in [0.4, 0.5) is 10.1 Å². The third-order valence-electron chi connectivity index (χ3n) is 6.38. The summed E-state index contributed by atoms with van der Waals surface area (Å²) in [6.07, 6.45) is 7.64. The van der Waals surface area contributed by atoms with E-state index in [1.165, 1.54) is 30.3 Å². The number of carbonyl (C=O) groups excluding carboxylic acids is 2. The van der Waals surface area contributed by atoms with E-state index in [0.717, 1.165) is 16.6 Å². The van der Waals surface area contributed by atoms with Crippen LogP contribution in [0.25, 0.3) is 28.2 Å². The number of halogens is 1. The average Bonchev–Trinajstić information content (AvgIpc) is 3.35. The van der Waals surface area contributed by atoms with Crippen molar-refractivity contribution in [2.24, 2.45) is 7.05 Å². The van der Waals surface area contributed by atoms with Crippen LogP contribution >= 0.6 is 0 Å². The number of aromatic nitrogens is 3.